The predicted octanol–water partition coefficient (Wildman–Crippen LogP) is 2.90. The van der Waals surface area contributed by atoms with E-state index in [1.54, 1.807) is 7.11 Å². The molecule has 0 saturated heterocycles. The minimum absolute atomic E-state index is 0.196. The van der Waals surface area contributed by atoms with Gasteiger partial charge in [-0.05, 0) is 62.3 Å². The number of carbonyl (C=O) groups excluding carboxylic acids is 1. The van der Waals surface area contributed by atoms with Gasteiger partial charge in [-0.15, -0.1) is 0 Å². The third-order valence-corrected chi connectivity index (χ3v) is 5.02. The van der Waals surface area contributed by atoms with Crippen LogP contribution in [0.25, 0.3) is 0 Å². The van der Waals surface area contributed by atoms with Crippen LogP contribution in [0.3, 0.4) is 0 Å². The molecule has 1 aliphatic rings. The quantitative estimate of drug-likeness (QED) is 0.878. The van der Waals surface area contributed by atoms with Crippen molar-refractivity contribution in [3.05, 3.63) is 40.2 Å². The van der Waals surface area contributed by atoms with Crippen molar-refractivity contribution in [2.24, 2.45) is 7.05 Å². The van der Waals surface area contributed by atoms with E-state index in [9.17, 15) is 4.79 Å². The summed E-state index contributed by atoms with van der Waals surface area (Å²) in [5, 5.41) is 10.3. The Morgan fingerprint density at radius 3 is 2.80 bits per heavy atom. The maximum Gasteiger partial charge on any atom is 0.319 e. The Labute approximate surface area is 148 Å². The minimum atomic E-state index is -0.196. The maximum absolute atomic E-state index is 12.3. The van der Waals surface area contributed by atoms with Crippen LogP contribution in [0.4, 0.5) is 10.5 Å². The van der Waals surface area contributed by atoms with E-state index in [1.807, 2.05) is 31.6 Å². The number of nitrogens with one attached hydrogen (secondary N) is 2. The first-order valence-corrected chi connectivity index (χ1v) is 8.74. The number of amides is 2. The molecule has 0 fully saturated rings. The van der Waals surface area contributed by atoms with Crippen LogP contribution < -0.4 is 15.4 Å². The Bertz CT molecular complexity index is 795. The highest BCUT2D eigenvalue weighted by molar-refractivity contribution is 5.92. The molecule has 1 heterocycles. The molecule has 0 aliphatic heterocycles. The number of aromatic nitrogens is 2. The number of hydrogen-bond donors (Lipinski definition) is 2. The molecule has 1 aliphatic carbocycles. The maximum atomic E-state index is 12.3. The molecule has 0 radical (unpaired) electrons. The fourth-order valence-electron chi connectivity index (χ4n) is 3.59. The molecule has 0 saturated carbocycles. The van der Waals surface area contributed by atoms with Crippen LogP contribution in [0, 0.1) is 13.8 Å². The van der Waals surface area contributed by atoms with Crippen molar-refractivity contribution in [2.75, 3.05) is 19.0 Å². The van der Waals surface area contributed by atoms with E-state index in [-0.39, 0.29) is 6.03 Å². The molecule has 0 atom stereocenters. The van der Waals surface area contributed by atoms with Crippen LogP contribution in [0.1, 0.15) is 34.5 Å². The van der Waals surface area contributed by atoms with Crippen LogP contribution in [-0.4, -0.2) is 29.5 Å². The lowest BCUT2D eigenvalue weighted by Gasteiger charge is -2.15. The van der Waals surface area contributed by atoms with Crippen molar-refractivity contribution >= 4 is 11.7 Å². The van der Waals surface area contributed by atoms with E-state index in [2.05, 4.69) is 21.8 Å². The number of hydrogen-bond acceptors (Lipinski definition) is 3. The normalized spacial score (nSPS) is 12.8. The number of ether oxygens (including phenoxy) is 1. The highest BCUT2D eigenvalue weighted by Gasteiger charge is 2.20. The van der Waals surface area contributed by atoms with Crippen LogP contribution >= 0.6 is 0 Å². The number of benzene rings is 1. The van der Waals surface area contributed by atoms with E-state index < -0.39 is 0 Å². The van der Waals surface area contributed by atoms with Crippen molar-refractivity contribution < 1.29 is 9.53 Å². The molecule has 1 aromatic carbocycles. The van der Waals surface area contributed by atoms with Gasteiger partial charge in [0.25, 0.3) is 0 Å². The number of fused-ring (bicyclic) bond motifs is 1. The van der Waals surface area contributed by atoms with Gasteiger partial charge >= 0.3 is 6.03 Å². The topological polar surface area (TPSA) is 68.2 Å². The molecule has 6 nitrogen and oxygen atoms in total. The average Bonchev–Trinajstić information content (AvgIpc) is 3.15. The predicted molar refractivity (Wildman–Crippen MR) is 98.4 cm³/mol. The zero-order chi connectivity index (χ0) is 18.0. The van der Waals surface area contributed by atoms with Gasteiger partial charge in [-0.3, -0.25) is 4.68 Å². The summed E-state index contributed by atoms with van der Waals surface area (Å²) in [6.07, 6.45) is 3.94. The largest absolute Gasteiger partial charge is 0.495 e. The molecule has 0 unspecified atom stereocenters. The highest BCUT2D eigenvalue weighted by Crippen LogP contribution is 2.36. The summed E-state index contributed by atoms with van der Waals surface area (Å²) in [7, 11) is 3.57. The summed E-state index contributed by atoms with van der Waals surface area (Å²) >= 11 is 0. The summed E-state index contributed by atoms with van der Waals surface area (Å²) in [5.41, 5.74) is 6.67. The first-order valence-electron chi connectivity index (χ1n) is 8.74. The molecular formula is C19H26N4O2. The van der Waals surface area contributed by atoms with Crippen LogP contribution in [-0.2, 0) is 26.3 Å². The number of urea groups is 1. The van der Waals surface area contributed by atoms with Crippen LogP contribution in [0.2, 0.25) is 0 Å². The Morgan fingerprint density at radius 1 is 1.32 bits per heavy atom. The van der Waals surface area contributed by atoms with Gasteiger partial charge < -0.3 is 15.4 Å². The fraction of sp³-hybridized carbons (Fsp3) is 0.474. The third-order valence-electron chi connectivity index (χ3n) is 5.02. The van der Waals surface area contributed by atoms with Crippen LogP contribution in [0.5, 0.6) is 5.75 Å². The molecule has 2 N–H and O–H groups in total. The number of rotatable bonds is 5. The van der Waals surface area contributed by atoms with E-state index in [0.717, 1.165) is 48.5 Å². The molecule has 1 aromatic heterocycles. The summed E-state index contributed by atoms with van der Waals surface area (Å²) in [4.78, 5) is 12.3. The molecule has 134 valence electrons. The molecule has 25 heavy (non-hydrogen) atoms. The molecule has 0 spiro atoms. The molecule has 3 rings (SSSR count). The third kappa shape index (κ3) is 3.48. The average molecular weight is 342 g/mol. The van der Waals surface area contributed by atoms with E-state index in [4.69, 9.17) is 4.74 Å². The van der Waals surface area contributed by atoms with Gasteiger partial charge in [0.05, 0.1) is 18.5 Å². The number of anilines is 1. The second kappa shape index (κ2) is 7.17. The van der Waals surface area contributed by atoms with Crippen molar-refractivity contribution in [2.45, 2.75) is 39.5 Å². The van der Waals surface area contributed by atoms with Crippen LogP contribution in [0.15, 0.2) is 12.1 Å². The zero-order valence-corrected chi connectivity index (χ0v) is 15.4. The van der Waals surface area contributed by atoms with Crippen molar-refractivity contribution in [3.63, 3.8) is 0 Å². The summed E-state index contributed by atoms with van der Waals surface area (Å²) in [5.74, 6) is 0.717. The number of methoxy groups -OCH3 is 1. The minimum Gasteiger partial charge on any atom is -0.495 e. The smallest absolute Gasteiger partial charge is 0.319 e. The molecule has 0 bridgehead atoms. The van der Waals surface area contributed by atoms with Gasteiger partial charge in [0, 0.05) is 19.3 Å². The Hall–Kier alpha value is -2.50. The van der Waals surface area contributed by atoms with Gasteiger partial charge in [0.1, 0.15) is 5.75 Å². The molecule has 2 aromatic rings. The lowest BCUT2D eigenvalue weighted by Crippen LogP contribution is -2.31. The lowest BCUT2D eigenvalue weighted by molar-refractivity contribution is 0.252. The van der Waals surface area contributed by atoms with E-state index in [0.29, 0.717) is 6.54 Å². The summed E-state index contributed by atoms with van der Waals surface area (Å²) < 4.78 is 7.30. The monoisotopic (exact) mass is 342 g/mol. The lowest BCUT2D eigenvalue weighted by atomic mass is 10.1. The first-order chi connectivity index (χ1) is 12.0. The van der Waals surface area contributed by atoms with E-state index >= 15 is 0 Å². The zero-order valence-electron chi connectivity index (χ0n) is 15.4. The summed E-state index contributed by atoms with van der Waals surface area (Å²) in [6.45, 7) is 4.62. The van der Waals surface area contributed by atoms with Crippen molar-refractivity contribution in [1.82, 2.24) is 15.1 Å². The van der Waals surface area contributed by atoms with Gasteiger partial charge in [-0.1, -0.05) is 6.07 Å². The number of carbonyl (C=O) groups is 1. The Kier molecular flexibility index (Phi) is 4.97. The van der Waals surface area contributed by atoms with Gasteiger partial charge in [-0.2, -0.15) is 5.10 Å². The standard InChI is InChI=1S/C19H26N4O2/c1-12-15(13(2)23(3)22-12)10-11-20-19(24)21-18-16-7-5-6-14(16)8-9-17(18)25-4/h8-9H,5-7,10-11H2,1-4H3,(H2,20,21,24). The number of nitrogens with zero attached hydrogens (tertiary/aromatic N) is 2. The number of aryl methyl sites for hydroxylation is 3. The van der Waals surface area contributed by atoms with Gasteiger partial charge in [0.2, 0.25) is 0 Å². The molecule has 2 amide bonds. The second-order valence-corrected chi connectivity index (χ2v) is 6.54. The van der Waals surface area contributed by atoms with Gasteiger partial charge in [-0.25, -0.2) is 4.79 Å². The molecular weight excluding hydrogens is 316 g/mol. The molecule has 6 heteroatoms. The fourth-order valence-corrected chi connectivity index (χ4v) is 3.59. The second-order valence-electron chi connectivity index (χ2n) is 6.54. The van der Waals surface area contributed by atoms with Crippen molar-refractivity contribution in [3.8, 4) is 5.75 Å². The Morgan fingerprint density at radius 2 is 2.12 bits per heavy atom. The van der Waals surface area contributed by atoms with Gasteiger partial charge in [0.15, 0.2) is 0 Å². The first kappa shape index (κ1) is 17.3. The van der Waals surface area contributed by atoms with E-state index in [1.165, 1.54) is 16.7 Å². The Balaban J connectivity index is 1.63. The SMILES string of the molecule is COc1ccc2c(c1NC(=O)NCCc1c(C)nn(C)c1C)CCC2. The highest BCUT2D eigenvalue weighted by atomic mass is 16.5. The summed E-state index contributed by atoms with van der Waals surface area (Å²) in [6, 6.07) is 3.83. The van der Waals surface area contributed by atoms with Crippen molar-refractivity contribution in [1.29, 1.82) is 0 Å².